The number of likely N-dealkylation sites (N-methyl/N-ethyl adjacent to an activating group) is 1. The van der Waals surface area contributed by atoms with Crippen LogP contribution in [0, 0.1) is 0 Å². The average Bonchev–Trinajstić information content (AvgIpc) is 2.51. The summed E-state index contributed by atoms with van der Waals surface area (Å²) in [7, 11) is -5.86. The largest absolute Gasteiger partial charge is 0.495 e. The van der Waals surface area contributed by atoms with Crippen LogP contribution in [0.1, 0.15) is 13.8 Å². The Hall–Kier alpha value is -1.07. The van der Waals surface area contributed by atoms with E-state index in [1.165, 1.54) is 32.2 Å². The molecule has 8 nitrogen and oxygen atoms in total. The van der Waals surface area contributed by atoms with Gasteiger partial charge >= 0.3 is 0 Å². The Kier molecular flexibility index (Phi) is 9.59. The first-order chi connectivity index (χ1) is 10.8. The monoisotopic (exact) mass is 401 g/mol. The molecule has 0 aliphatic carbocycles. The molecule has 0 atom stereocenters. The van der Waals surface area contributed by atoms with Gasteiger partial charge in [0.1, 0.15) is 10.6 Å². The first-order valence-corrected chi connectivity index (χ1v) is 10.3. The van der Waals surface area contributed by atoms with E-state index in [-0.39, 0.29) is 41.0 Å². The molecule has 0 aliphatic heterocycles. The predicted molar refractivity (Wildman–Crippen MR) is 97.1 cm³/mol. The Morgan fingerprint density at radius 3 is 2.29 bits per heavy atom. The van der Waals surface area contributed by atoms with E-state index in [1.54, 1.807) is 0 Å². The smallest absolute Gasteiger partial charge is 0.244 e. The molecule has 1 aromatic carbocycles. The predicted octanol–water partition coefficient (Wildman–Crippen LogP) is 0.766. The van der Waals surface area contributed by atoms with Crippen LogP contribution in [0.3, 0.4) is 0 Å². The van der Waals surface area contributed by atoms with Crippen molar-refractivity contribution in [2.45, 2.75) is 18.7 Å². The van der Waals surface area contributed by atoms with Crippen LogP contribution in [0.15, 0.2) is 23.1 Å². The number of ether oxygens (including phenoxy) is 1. The molecule has 0 saturated carbocycles. The van der Waals surface area contributed by atoms with E-state index in [9.17, 15) is 16.8 Å². The Morgan fingerprint density at radius 2 is 1.75 bits per heavy atom. The summed E-state index contributed by atoms with van der Waals surface area (Å²) in [5.41, 5.74) is 0.246. The highest BCUT2D eigenvalue weighted by Gasteiger charge is 2.20. The highest BCUT2D eigenvalue weighted by Crippen LogP contribution is 2.27. The van der Waals surface area contributed by atoms with Gasteiger partial charge in [-0.15, -0.1) is 12.4 Å². The summed E-state index contributed by atoms with van der Waals surface area (Å²) in [5.74, 6) is -0.0151. The van der Waals surface area contributed by atoms with Crippen LogP contribution in [0.25, 0.3) is 0 Å². The lowest BCUT2D eigenvalue weighted by molar-refractivity contribution is 0.402. The molecule has 0 heterocycles. The summed E-state index contributed by atoms with van der Waals surface area (Å²) >= 11 is 0. The number of nitrogens with one attached hydrogen (secondary N) is 3. The number of halogens is 1. The number of sulfonamides is 2. The molecule has 0 unspecified atom stereocenters. The summed E-state index contributed by atoms with van der Waals surface area (Å²) in [6, 6.07) is 4.03. The zero-order valence-electron chi connectivity index (χ0n) is 13.8. The molecule has 140 valence electrons. The topological polar surface area (TPSA) is 114 Å². The minimum absolute atomic E-state index is 0. The maximum Gasteiger partial charge on any atom is 0.244 e. The number of benzene rings is 1. The van der Waals surface area contributed by atoms with Crippen molar-refractivity contribution in [2.75, 3.05) is 37.2 Å². The van der Waals surface area contributed by atoms with Crippen LogP contribution in [-0.2, 0) is 20.0 Å². The SMILES string of the molecule is CCNCCNS(=O)(=O)c1ccc(NS(=O)(=O)CC)cc1OC.Cl. The Labute approximate surface area is 149 Å². The van der Waals surface area contributed by atoms with Crippen LogP contribution >= 0.6 is 12.4 Å². The third kappa shape index (κ3) is 6.81. The van der Waals surface area contributed by atoms with Gasteiger partial charge in [0.15, 0.2) is 0 Å². The highest BCUT2D eigenvalue weighted by molar-refractivity contribution is 7.92. The van der Waals surface area contributed by atoms with Crippen molar-refractivity contribution in [3.8, 4) is 5.75 Å². The fourth-order valence-electron chi connectivity index (χ4n) is 1.73. The number of anilines is 1. The molecule has 0 fully saturated rings. The van der Waals surface area contributed by atoms with Crippen LogP contribution in [0.4, 0.5) is 5.69 Å². The average molecular weight is 402 g/mol. The third-order valence-electron chi connectivity index (χ3n) is 2.95. The second kappa shape index (κ2) is 10.0. The first-order valence-electron chi connectivity index (χ1n) is 7.14. The quantitative estimate of drug-likeness (QED) is 0.499. The van der Waals surface area contributed by atoms with Crippen molar-refractivity contribution in [1.29, 1.82) is 0 Å². The summed E-state index contributed by atoms with van der Waals surface area (Å²) in [6.07, 6.45) is 0. The van der Waals surface area contributed by atoms with Crippen molar-refractivity contribution >= 4 is 38.1 Å². The third-order valence-corrected chi connectivity index (χ3v) is 5.76. The number of rotatable bonds is 10. The lowest BCUT2D eigenvalue weighted by atomic mass is 10.3. The Bertz CT molecular complexity index is 723. The van der Waals surface area contributed by atoms with Gasteiger partial charge in [-0.2, -0.15) is 0 Å². The van der Waals surface area contributed by atoms with Gasteiger partial charge in [-0.3, -0.25) is 4.72 Å². The van der Waals surface area contributed by atoms with Crippen LogP contribution in [0.2, 0.25) is 0 Å². The zero-order valence-corrected chi connectivity index (χ0v) is 16.3. The van der Waals surface area contributed by atoms with E-state index in [0.717, 1.165) is 6.54 Å². The van der Waals surface area contributed by atoms with Crippen molar-refractivity contribution in [1.82, 2.24) is 10.0 Å². The Balaban J connectivity index is 0.00000529. The van der Waals surface area contributed by atoms with Gasteiger partial charge in [0, 0.05) is 19.2 Å². The second-order valence-electron chi connectivity index (χ2n) is 4.62. The number of hydrogen-bond donors (Lipinski definition) is 3. The molecule has 1 rings (SSSR count). The molecule has 3 N–H and O–H groups in total. The summed E-state index contributed by atoms with van der Waals surface area (Å²) in [4.78, 5) is -0.0454. The molecule has 0 aliphatic rings. The van der Waals surface area contributed by atoms with E-state index < -0.39 is 20.0 Å². The molecule has 0 amide bonds. The maximum absolute atomic E-state index is 12.3. The van der Waals surface area contributed by atoms with Crippen molar-refractivity contribution in [3.05, 3.63) is 18.2 Å². The van der Waals surface area contributed by atoms with Crippen LogP contribution < -0.4 is 19.5 Å². The molecule has 0 saturated heterocycles. The van der Waals surface area contributed by atoms with Gasteiger partial charge < -0.3 is 10.1 Å². The summed E-state index contributed by atoms with van der Waals surface area (Å²) in [6.45, 7) is 4.92. The van der Waals surface area contributed by atoms with Crippen molar-refractivity contribution in [3.63, 3.8) is 0 Å². The standard InChI is InChI=1S/C13H23N3O5S2.ClH/c1-4-14-8-9-15-23(19,20)13-7-6-11(10-12(13)21-3)16-22(17,18)5-2;/h6-7,10,14-16H,4-5,8-9H2,1-3H3;1H. The van der Waals surface area contributed by atoms with Crippen molar-refractivity contribution in [2.24, 2.45) is 0 Å². The lowest BCUT2D eigenvalue weighted by Gasteiger charge is -2.13. The van der Waals surface area contributed by atoms with Gasteiger partial charge in [0.25, 0.3) is 0 Å². The van der Waals surface area contributed by atoms with Gasteiger partial charge in [0.05, 0.1) is 18.6 Å². The van der Waals surface area contributed by atoms with E-state index in [4.69, 9.17) is 4.74 Å². The fraction of sp³-hybridized carbons (Fsp3) is 0.538. The summed E-state index contributed by atoms with van der Waals surface area (Å²) < 4.78 is 57.5. The highest BCUT2D eigenvalue weighted by atomic mass is 35.5. The van der Waals surface area contributed by atoms with Crippen LogP contribution in [-0.4, -0.2) is 49.3 Å². The fourth-order valence-corrected chi connectivity index (χ4v) is 3.54. The molecule has 1 aromatic rings. The molecule has 0 radical (unpaired) electrons. The zero-order chi connectivity index (χ0) is 17.5. The number of methoxy groups -OCH3 is 1. The minimum atomic E-state index is -3.74. The van der Waals surface area contributed by atoms with Gasteiger partial charge in [0.2, 0.25) is 20.0 Å². The molecule has 0 spiro atoms. The molecule has 0 bridgehead atoms. The first kappa shape index (κ1) is 22.9. The van der Waals surface area contributed by atoms with Gasteiger partial charge in [-0.25, -0.2) is 21.6 Å². The van der Waals surface area contributed by atoms with Gasteiger partial charge in [-0.1, -0.05) is 6.92 Å². The van der Waals surface area contributed by atoms with E-state index in [0.29, 0.717) is 6.54 Å². The van der Waals surface area contributed by atoms with E-state index in [1.807, 2.05) is 6.92 Å². The molecule has 0 aromatic heterocycles. The normalized spacial score (nSPS) is 11.6. The molecule has 24 heavy (non-hydrogen) atoms. The van der Waals surface area contributed by atoms with Gasteiger partial charge in [-0.05, 0) is 25.6 Å². The molecular formula is C13H24ClN3O5S2. The maximum atomic E-state index is 12.3. The van der Waals surface area contributed by atoms with E-state index in [2.05, 4.69) is 14.8 Å². The van der Waals surface area contributed by atoms with Crippen molar-refractivity contribution < 1.29 is 21.6 Å². The number of hydrogen-bond acceptors (Lipinski definition) is 6. The lowest BCUT2D eigenvalue weighted by Crippen LogP contribution is -2.32. The second-order valence-corrected chi connectivity index (χ2v) is 8.37. The molecule has 11 heteroatoms. The van der Waals surface area contributed by atoms with E-state index >= 15 is 0 Å². The minimum Gasteiger partial charge on any atom is -0.495 e. The van der Waals surface area contributed by atoms with Crippen LogP contribution in [0.5, 0.6) is 5.75 Å². The summed E-state index contributed by atoms with van der Waals surface area (Å²) in [5, 5.41) is 3.01. The Morgan fingerprint density at radius 1 is 1.08 bits per heavy atom. The molecular weight excluding hydrogens is 378 g/mol.